The van der Waals surface area contributed by atoms with E-state index in [2.05, 4.69) is 15.7 Å². The fourth-order valence-corrected chi connectivity index (χ4v) is 2.13. The zero-order valence-corrected chi connectivity index (χ0v) is 9.15. The second kappa shape index (κ2) is 4.77. The van der Waals surface area contributed by atoms with Gasteiger partial charge in [-0.3, -0.25) is 0 Å². The van der Waals surface area contributed by atoms with Crippen molar-refractivity contribution in [3.8, 4) is 0 Å². The van der Waals surface area contributed by atoms with E-state index in [0.29, 0.717) is 6.61 Å². The number of aryl methyl sites for hydroxylation is 1. The van der Waals surface area contributed by atoms with Crippen molar-refractivity contribution in [2.75, 3.05) is 20.3 Å². The molecule has 2 heterocycles. The fourth-order valence-electron chi connectivity index (χ4n) is 2.13. The molecule has 1 aromatic heterocycles. The van der Waals surface area contributed by atoms with Crippen LogP contribution in [0.25, 0.3) is 0 Å². The number of ether oxygens (including phenoxy) is 1. The zero-order valence-electron chi connectivity index (χ0n) is 9.15. The van der Waals surface area contributed by atoms with E-state index in [1.807, 2.05) is 0 Å². The van der Waals surface area contributed by atoms with Crippen LogP contribution in [0.2, 0.25) is 0 Å². The van der Waals surface area contributed by atoms with Gasteiger partial charge < -0.3 is 14.4 Å². The normalized spacial score (nSPS) is 20.3. The Morgan fingerprint density at radius 2 is 2.53 bits per heavy atom. The summed E-state index contributed by atoms with van der Waals surface area (Å²) in [5.41, 5.74) is 1.08. The Kier molecular flexibility index (Phi) is 3.38. The topological polar surface area (TPSA) is 47.3 Å². The van der Waals surface area contributed by atoms with Crippen molar-refractivity contribution in [1.82, 2.24) is 9.55 Å². The van der Waals surface area contributed by atoms with Gasteiger partial charge in [-0.2, -0.15) is 0 Å². The number of hydrogen-bond acceptors (Lipinski definition) is 3. The maximum absolute atomic E-state index is 9.25. The first-order valence-electron chi connectivity index (χ1n) is 5.51. The van der Waals surface area contributed by atoms with Crippen LogP contribution in [0.3, 0.4) is 0 Å². The molecule has 1 aliphatic heterocycles. The number of nitrogens with zero attached hydrogens (tertiary/aromatic N) is 2. The van der Waals surface area contributed by atoms with Crippen LogP contribution in [0.4, 0.5) is 0 Å². The van der Waals surface area contributed by atoms with Crippen LogP contribution >= 0.6 is 0 Å². The third-order valence-corrected chi connectivity index (χ3v) is 2.96. The molecule has 1 aromatic rings. The Balaban J connectivity index is 2.14. The Labute approximate surface area is 89.9 Å². The van der Waals surface area contributed by atoms with Gasteiger partial charge in [0.25, 0.3) is 0 Å². The molecule has 0 aliphatic carbocycles. The summed E-state index contributed by atoms with van der Waals surface area (Å²) < 4.78 is 7.21. The number of rotatable bonds is 4. The first kappa shape index (κ1) is 10.6. The van der Waals surface area contributed by atoms with E-state index in [1.165, 1.54) is 0 Å². The highest BCUT2D eigenvalue weighted by atomic mass is 16.5. The first-order valence-corrected chi connectivity index (χ1v) is 5.51. The quantitative estimate of drug-likeness (QED) is 0.804. The molecule has 1 unspecified atom stereocenters. The molecule has 0 saturated heterocycles. The van der Waals surface area contributed by atoms with Crippen LogP contribution in [-0.2, 0) is 17.7 Å². The van der Waals surface area contributed by atoms with Crippen molar-refractivity contribution < 1.29 is 9.84 Å². The monoisotopic (exact) mass is 210 g/mol. The fraction of sp³-hybridized carbons (Fsp3) is 0.727. The molecular weight excluding hydrogens is 192 g/mol. The van der Waals surface area contributed by atoms with Crippen LogP contribution in [0, 0.1) is 0 Å². The van der Waals surface area contributed by atoms with Crippen LogP contribution < -0.4 is 0 Å². The number of aromatic nitrogens is 2. The molecule has 84 valence electrons. The Morgan fingerprint density at radius 1 is 1.67 bits per heavy atom. The van der Waals surface area contributed by atoms with Crippen LogP contribution in [0.15, 0.2) is 6.20 Å². The maximum Gasteiger partial charge on any atom is 0.114 e. The Bertz CT molecular complexity index is 322. The minimum atomic E-state index is 0.209. The second-order valence-corrected chi connectivity index (χ2v) is 4.05. The summed E-state index contributed by atoms with van der Waals surface area (Å²) >= 11 is 0. The van der Waals surface area contributed by atoms with Gasteiger partial charge in [-0.05, 0) is 12.8 Å². The van der Waals surface area contributed by atoms with Gasteiger partial charge in [-0.15, -0.1) is 0 Å². The summed E-state index contributed by atoms with van der Waals surface area (Å²) in [4.78, 5) is 4.56. The molecule has 0 aromatic carbocycles. The molecule has 1 aliphatic rings. The van der Waals surface area contributed by atoms with Crippen molar-refractivity contribution in [2.45, 2.75) is 31.7 Å². The van der Waals surface area contributed by atoms with E-state index < -0.39 is 0 Å². The van der Waals surface area contributed by atoms with E-state index in [1.54, 1.807) is 7.11 Å². The largest absolute Gasteiger partial charge is 0.396 e. The lowest BCUT2D eigenvalue weighted by atomic mass is 10.0. The molecule has 0 radical (unpaired) electrons. The predicted octanol–water partition coefficient (Wildman–Crippen LogP) is 0.942. The summed E-state index contributed by atoms with van der Waals surface area (Å²) in [7, 11) is 1.70. The van der Waals surface area contributed by atoms with Crippen LogP contribution in [-0.4, -0.2) is 35.0 Å². The summed E-state index contributed by atoms with van der Waals surface area (Å²) in [6, 6.07) is 0. The van der Waals surface area contributed by atoms with Crippen molar-refractivity contribution in [3.63, 3.8) is 0 Å². The molecule has 2 rings (SSSR count). The van der Waals surface area contributed by atoms with Gasteiger partial charge in [0.1, 0.15) is 5.82 Å². The average Bonchev–Trinajstić information content (AvgIpc) is 2.68. The molecule has 0 spiro atoms. The summed E-state index contributed by atoms with van der Waals surface area (Å²) in [6.07, 6.45) is 5.14. The predicted molar refractivity (Wildman–Crippen MR) is 56.9 cm³/mol. The van der Waals surface area contributed by atoms with Crippen molar-refractivity contribution in [2.24, 2.45) is 0 Å². The smallest absolute Gasteiger partial charge is 0.114 e. The maximum atomic E-state index is 9.25. The third-order valence-electron chi connectivity index (χ3n) is 2.96. The molecule has 4 nitrogen and oxygen atoms in total. The molecule has 0 bridgehead atoms. The highest BCUT2D eigenvalue weighted by Crippen LogP contribution is 2.26. The van der Waals surface area contributed by atoms with Gasteiger partial charge in [-0.25, -0.2) is 4.98 Å². The Morgan fingerprint density at radius 3 is 3.27 bits per heavy atom. The summed E-state index contributed by atoms with van der Waals surface area (Å²) in [5.74, 6) is 1.28. The third kappa shape index (κ3) is 2.21. The lowest BCUT2D eigenvalue weighted by Crippen LogP contribution is -2.18. The molecular formula is C11H18N2O2. The molecule has 1 atom stereocenters. The number of aliphatic hydroxyl groups excluding tert-OH is 1. The summed E-state index contributed by atoms with van der Waals surface area (Å²) in [5, 5.41) is 9.25. The van der Waals surface area contributed by atoms with E-state index in [0.717, 1.165) is 37.3 Å². The number of methoxy groups -OCH3 is 1. The van der Waals surface area contributed by atoms with Crippen LogP contribution in [0.1, 0.15) is 30.3 Å². The average molecular weight is 210 g/mol. The lowest BCUT2D eigenvalue weighted by Gasteiger charge is -2.21. The minimum Gasteiger partial charge on any atom is -0.396 e. The first-order chi connectivity index (χ1) is 7.35. The standard InChI is InChI=1S/C11H18N2O2/c1-15-6-4-10-7-13-5-2-3-9(8-14)11(13)12-10/h7,9,14H,2-6,8H2,1H3. The molecule has 0 saturated carbocycles. The van der Waals surface area contributed by atoms with Gasteiger partial charge >= 0.3 is 0 Å². The van der Waals surface area contributed by atoms with Gasteiger partial charge in [0.05, 0.1) is 18.9 Å². The van der Waals surface area contributed by atoms with Gasteiger partial charge in [0.2, 0.25) is 0 Å². The van der Waals surface area contributed by atoms with E-state index >= 15 is 0 Å². The molecule has 4 heteroatoms. The minimum absolute atomic E-state index is 0.209. The van der Waals surface area contributed by atoms with Gasteiger partial charge in [-0.1, -0.05) is 0 Å². The highest BCUT2D eigenvalue weighted by molar-refractivity contribution is 5.10. The number of fused-ring (bicyclic) bond motifs is 1. The number of hydrogen-bond donors (Lipinski definition) is 1. The van der Waals surface area contributed by atoms with Crippen molar-refractivity contribution >= 4 is 0 Å². The van der Waals surface area contributed by atoms with Crippen LogP contribution in [0.5, 0.6) is 0 Å². The number of aliphatic hydroxyl groups is 1. The molecule has 0 amide bonds. The number of imidazole rings is 1. The van der Waals surface area contributed by atoms with Crippen molar-refractivity contribution in [1.29, 1.82) is 0 Å². The van der Waals surface area contributed by atoms with Gasteiger partial charge in [0.15, 0.2) is 0 Å². The van der Waals surface area contributed by atoms with Gasteiger partial charge in [0, 0.05) is 32.2 Å². The highest BCUT2D eigenvalue weighted by Gasteiger charge is 2.21. The van der Waals surface area contributed by atoms with E-state index in [4.69, 9.17) is 4.74 Å². The zero-order chi connectivity index (χ0) is 10.7. The molecule has 0 fully saturated rings. The SMILES string of the molecule is COCCc1cn2c(n1)C(CO)CCC2. The van der Waals surface area contributed by atoms with Crippen molar-refractivity contribution in [3.05, 3.63) is 17.7 Å². The van der Waals surface area contributed by atoms with E-state index in [9.17, 15) is 5.11 Å². The Hall–Kier alpha value is -0.870. The second-order valence-electron chi connectivity index (χ2n) is 4.05. The molecule has 15 heavy (non-hydrogen) atoms. The lowest BCUT2D eigenvalue weighted by molar-refractivity contribution is 0.201. The van der Waals surface area contributed by atoms with E-state index in [-0.39, 0.29) is 12.5 Å². The molecule has 1 N–H and O–H groups in total. The summed E-state index contributed by atoms with van der Waals surface area (Å²) in [6.45, 7) is 1.95.